The monoisotopic (exact) mass is 304 g/mol. The van der Waals surface area contributed by atoms with E-state index in [0.29, 0.717) is 0 Å². The van der Waals surface area contributed by atoms with E-state index >= 15 is 0 Å². The summed E-state index contributed by atoms with van der Waals surface area (Å²) in [6.07, 6.45) is 1.40. The topological polar surface area (TPSA) is 179 Å². The van der Waals surface area contributed by atoms with E-state index < -0.39 is 17.9 Å². The van der Waals surface area contributed by atoms with Gasteiger partial charge in [-0.25, -0.2) is 9.59 Å². The molecule has 0 unspecified atom stereocenters. The molecule has 10 heteroatoms. The van der Waals surface area contributed by atoms with Gasteiger partial charge in [0.15, 0.2) is 0 Å². The number of rotatable bonds is 4. The van der Waals surface area contributed by atoms with Crippen molar-refractivity contribution in [2.75, 3.05) is 0 Å². The summed E-state index contributed by atoms with van der Waals surface area (Å²) in [5.41, 5.74) is -0.671. The van der Waals surface area contributed by atoms with E-state index in [0.717, 1.165) is 12.5 Å². The first-order valence-electron chi connectivity index (χ1n) is 4.99. The van der Waals surface area contributed by atoms with Crippen LogP contribution in [0.3, 0.4) is 0 Å². The third kappa shape index (κ3) is 10.4. The summed E-state index contributed by atoms with van der Waals surface area (Å²) in [4.78, 5) is 48.4. The quantitative estimate of drug-likeness (QED) is 0.449. The van der Waals surface area contributed by atoms with Crippen LogP contribution >= 0.6 is 0 Å². The van der Waals surface area contributed by atoms with Crippen molar-refractivity contribution in [2.45, 2.75) is 13.3 Å². The van der Waals surface area contributed by atoms with Crippen molar-refractivity contribution in [3.05, 3.63) is 23.7 Å². The molecule has 0 radical (unpaired) electrons. The van der Waals surface area contributed by atoms with Gasteiger partial charge >= 0.3 is 17.9 Å². The first kappa shape index (κ1) is 20.2. The van der Waals surface area contributed by atoms with Gasteiger partial charge in [-0.3, -0.25) is 14.4 Å². The normalized spacial score (nSPS) is 8.24. The predicted molar refractivity (Wildman–Crippen MR) is 64.3 cm³/mol. The van der Waals surface area contributed by atoms with Gasteiger partial charge in [-0.1, -0.05) is 0 Å². The number of aromatic carboxylic acids is 2. The number of hydrogen-bond acceptors (Lipinski definition) is 6. The number of carboxylic acids is 3. The lowest BCUT2D eigenvalue weighted by molar-refractivity contribution is -0.139. The fourth-order valence-corrected chi connectivity index (χ4v) is 0.841. The third-order valence-electron chi connectivity index (χ3n) is 1.52. The molecule has 1 heterocycles. The molecule has 4 N–H and O–H groups in total. The van der Waals surface area contributed by atoms with E-state index in [9.17, 15) is 19.2 Å². The maximum absolute atomic E-state index is 10.3. The summed E-state index contributed by atoms with van der Waals surface area (Å²) in [7, 11) is 0. The lowest BCUT2D eigenvalue weighted by atomic mass is 10.2. The van der Waals surface area contributed by atoms with Crippen LogP contribution in [0.1, 0.15) is 34.1 Å². The zero-order chi connectivity index (χ0) is 17.0. The zero-order valence-corrected chi connectivity index (χ0v) is 10.7. The zero-order valence-electron chi connectivity index (χ0n) is 10.7. The van der Waals surface area contributed by atoms with Gasteiger partial charge < -0.3 is 24.8 Å². The van der Waals surface area contributed by atoms with Crippen LogP contribution in [-0.2, 0) is 14.4 Å². The highest BCUT2D eigenvalue weighted by Gasteiger charge is 2.17. The molecule has 1 rings (SSSR count). The van der Waals surface area contributed by atoms with Crippen molar-refractivity contribution >= 4 is 30.2 Å². The smallest absolute Gasteiger partial charge is 0.339 e. The number of aliphatic carboxylic acids is 1. The van der Waals surface area contributed by atoms with E-state index in [1.165, 1.54) is 6.92 Å². The average Bonchev–Trinajstić information content (AvgIpc) is 2.77. The Labute approximate surface area is 117 Å². The van der Waals surface area contributed by atoms with E-state index in [1.54, 1.807) is 0 Å². The van der Waals surface area contributed by atoms with Crippen molar-refractivity contribution in [3.63, 3.8) is 0 Å². The largest absolute Gasteiger partial charge is 0.483 e. The van der Waals surface area contributed by atoms with Crippen LogP contribution in [0.5, 0.6) is 0 Å². The Morgan fingerprint density at radius 1 is 1.05 bits per heavy atom. The van der Waals surface area contributed by atoms with Crippen LogP contribution in [-0.4, -0.2) is 50.6 Å². The van der Waals surface area contributed by atoms with Gasteiger partial charge in [-0.15, -0.1) is 0 Å². The van der Waals surface area contributed by atoms with E-state index in [4.69, 9.17) is 25.2 Å². The van der Waals surface area contributed by atoms with E-state index in [2.05, 4.69) is 4.42 Å². The Bertz CT molecular complexity index is 472. The number of carboxylic acid groups (broad SMARTS) is 4. The molecule has 0 amide bonds. The van der Waals surface area contributed by atoms with Crippen LogP contribution in [0.25, 0.3) is 0 Å². The second-order valence-electron chi connectivity index (χ2n) is 3.19. The van der Waals surface area contributed by atoms with Crippen molar-refractivity contribution in [1.82, 2.24) is 0 Å². The van der Waals surface area contributed by atoms with Gasteiger partial charge in [0, 0.05) is 0 Å². The van der Waals surface area contributed by atoms with E-state index in [1.807, 2.05) is 0 Å². The van der Waals surface area contributed by atoms with E-state index in [-0.39, 0.29) is 29.8 Å². The molecular formula is C11H12O10. The Morgan fingerprint density at radius 3 is 1.52 bits per heavy atom. The maximum atomic E-state index is 10.3. The Hall–Kier alpha value is -3.17. The molecule has 0 saturated heterocycles. The van der Waals surface area contributed by atoms with Gasteiger partial charge in [0.25, 0.3) is 6.47 Å². The Kier molecular flexibility index (Phi) is 10.3. The summed E-state index contributed by atoms with van der Waals surface area (Å²) < 4.78 is 4.41. The highest BCUT2D eigenvalue weighted by atomic mass is 16.4. The summed E-state index contributed by atoms with van der Waals surface area (Å²) in [5.74, 6) is -3.99. The fraction of sp³-hybridized carbons (Fsp3) is 0.182. The molecular weight excluding hydrogens is 292 g/mol. The number of ketones is 1. The summed E-state index contributed by atoms with van der Waals surface area (Å²) in [5, 5.41) is 31.5. The van der Waals surface area contributed by atoms with Crippen LogP contribution < -0.4 is 0 Å². The molecule has 0 aromatic carbocycles. The molecule has 1 aromatic heterocycles. The number of furan rings is 1. The molecule has 0 atom stereocenters. The molecule has 0 aliphatic rings. The lowest BCUT2D eigenvalue weighted by Gasteiger charge is -1.88. The summed E-state index contributed by atoms with van der Waals surface area (Å²) in [6.45, 7) is 0.994. The van der Waals surface area contributed by atoms with Gasteiger partial charge in [0.2, 0.25) is 0 Å². The number of carbonyl (C=O) groups is 5. The van der Waals surface area contributed by atoms with Crippen molar-refractivity contribution < 1.29 is 48.8 Å². The van der Waals surface area contributed by atoms with Crippen LogP contribution in [0.4, 0.5) is 0 Å². The molecule has 0 aliphatic carbocycles. The molecule has 0 spiro atoms. The summed E-state index contributed by atoms with van der Waals surface area (Å²) >= 11 is 0. The molecule has 116 valence electrons. The molecule has 0 saturated carbocycles. The maximum Gasteiger partial charge on any atom is 0.339 e. The molecule has 1 aromatic rings. The first-order chi connectivity index (χ1) is 9.67. The standard InChI is InChI=1S/C6H4O5.C4H6O3.CH2O2/c7-5(8)3-1-11-2-4(3)6(9)10;1-3(5)2-4(6)7;2-1-3/h1-2H,(H,7,8)(H,9,10);2H2,1H3,(H,6,7);1H,(H,2,3). The lowest BCUT2D eigenvalue weighted by Crippen LogP contribution is -2.03. The summed E-state index contributed by atoms with van der Waals surface area (Å²) in [6, 6.07) is 0. The fourth-order valence-electron chi connectivity index (χ4n) is 0.841. The highest BCUT2D eigenvalue weighted by Crippen LogP contribution is 2.09. The minimum Gasteiger partial charge on any atom is -0.483 e. The Balaban J connectivity index is 0. The minimum atomic E-state index is -1.31. The Morgan fingerprint density at radius 2 is 1.38 bits per heavy atom. The second-order valence-corrected chi connectivity index (χ2v) is 3.19. The molecule has 0 fully saturated rings. The van der Waals surface area contributed by atoms with Crippen LogP contribution in [0.15, 0.2) is 16.9 Å². The highest BCUT2D eigenvalue weighted by molar-refractivity contribution is 6.01. The molecule has 0 aliphatic heterocycles. The molecule has 10 nitrogen and oxygen atoms in total. The molecule has 0 bridgehead atoms. The number of hydrogen-bond donors (Lipinski definition) is 4. The van der Waals surface area contributed by atoms with Gasteiger partial charge in [0.05, 0.1) is 0 Å². The molecule has 21 heavy (non-hydrogen) atoms. The van der Waals surface area contributed by atoms with Gasteiger partial charge in [-0.2, -0.15) is 0 Å². The number of carbonyl (C=O) groups excluding carboxylic acids is 1. The third-order valence-corrected chi connectivity index (χ3v) is 1.52. The van der Waals surface area contributed by atoms with Gasteiger partial charge in [-0.05, 0) is 6.92 Å². The SMILES string of the molecule is CC(=O)CC(=O)O.O=C(O)c1cocc1C(=O)O.O=CO. The number of Topliss-reactive ketones (excluding diaryl/α,β-unsaturated/α-hetero) is 1. The minimum absolute atomic E-state index is 0.250. The van der Waals surface area contributed by atoms with Gasteiger partial charge in [0.1, 0.15) is 35.9 Å². The van der Waals surface area contributed by atoms with Crippen molar-refractivity contribution in [3.8, 4) is 0 Å². The van der Waals surface area contributed by atoms with Crippen molar-refractivity contribution in [1.29, 1.82) is 0 Å². The average molecular weight is 304 g/mol. The van der Waals surface area contributed by atoms with Crippen LogP contribution in [0.2, 0.25) is 0 Å². The van der Waals surface area contributed by atoms with Crippen LogP contribution in [0, 0.1) is 0 Å². The first-order valence-corrected chi connectivity index (χ1v) is 4.99. The van der Waals surface area contributed by atoms with Crippen molar-refractivity contribution in [2.24, 2.45) is 0 Å². The second kappa shape index (κ2) is 10.7. The predicted octanol–water partition coefficient (Wildman–Crippen LogP) is 0.427.